The smallest absolute Gasteiger partial charge is 0.203 e. The van der Waals surface area contributed by atoms with Gasteiger partial charge in [-0.15, -0.1) is 0 Å². The molecule has 1 saturated heterocycles. The molecule has 1 aliphatic rings. The van der Waals surface area contributed by atoms with E-state index >= 15 is 0 Å². The predicted molar refractivity (Wildman–Crippen MR) is 78.8 cm³/mol. The number of aromatic nitrogens is 2. The molecular formula is C13H23N3O3S. The Balaban J connectivity index is 2.00. The van der Waals surface area contributed by atoms with Crippen LogP contribution in [-0.4, -0.2) is 49.2 Å². The lowest BCUT2D eigenvalue weighted by Crippen LogP contribution is -2.23. The number of aryl methyl sites for hydroxylation is 1. The number of anilines is 1. The Bertz CT molecular complexity index is 539. The number of ether oxygens (including phenoxy) is 1. The van der Waals surface area contributed by atoms with Crippen molar-refractivity contribution in [2.45, 2.75) is 38.0 Å². The van der Waals surface area contributed by atoms with Crippen LogP contribution in [-0.2, 0) is 21.1 Å². The molecule has 0 saturated carbocycles. The zero-order valence-electron chi connectivity index (χ0n) is 12.1. The fourth-order valence-electron chi connectivity index (χ4n) is 2.53. The van der Waals surface area contributed by atoms with Gasteiger partial charge in [0.1, 0.15) is 0 Å². The normalized spacial score (nSPS) is 21.2. The average Bonchev–Trinajstić information content (AvgIpc) is 2.89. The molecule has 1 aromatic rings. The maximum Gasteiger partial charge on any atom is 0.203 e. The summed E-state index contributed by atoms with van der Waals surface area (Å²) in [7, 11) is -1.24. The van der Waals surface area contributed by atoms with Crippen molar-refractivity contribution in [2.24, 2.45) is 0 Å². The first-order chi connectivity index (χ1) is 9.53. The van der Waals surface area contributed by atoms with Crippen LogP contribution in [0.5, 0.6) is 0 Å². The first-order valence-electron chi connectivity index (χ1n) is 7.01. The molecule has 0 spiro atoms. The topological polar surface area (TPSA) is 73.2 Å². The van der Waals surface area contributed by atoms with Crippen LogP contribution < -0.4 is 5.32 Å². The van der Waals surface area contributed by atoms with Gasteiger partial charge in [-0.25, -0.2) is 13.4 Å². The lowest BCUT2D eigenvalue weighted by molar-refractivity contribution is 0.197. The van der Waals surface area contributed by atoms with Crippen LogP contribution in [0.2, 0.25) is 0 Å². The van der Waals surface area contributed by atoms with Gasteiger partial charge in [0, 0.05) is 33.0 Å². The molecule has 0 aliphatic carbocycles. The Kier molecular flexibility index (Phi) is 5.04. The quantitative estimate of drug-likeness (QED) is 0.767. The summed E-state index contributed by atoms with van der Waals surface area (Å²) >= 11 is 0. The highest BCUT2D eigenvalue weighted by Crippen LogP contribution is 2.23. The third-order valence-electron chi connectivity index (χ3n) is 3.57. The van der Waals surface area contributed by atoms with E-state index in [1.165, 1.54) is 0 Å². The molecule has 6 nitrogen and oxygen atoms in total. The summed E-state index contributed by atoms with van der Waals surface area (Å²) in [5.74, 6) is 1.07. The molecule has 1 aromatic heterocycles. The van der Waals surface area contributed by atoms with E-state index < -0.39 is 9.84 Å². The van der Waals surface area contributed by atoms with E-state index in [9.17, 15) is 8.42 Å². The van der Waals surface area contributed by atoms with E-state index in [4.69, 9.17) is 4.74 Å². The Morgan fingerprint density at radius 2 is 2.35 bits per heavy atom. The minimum absolute atomic E-state index is 0.268. The number of sulfone groups is 1. The first-order valence-corrected chi connectivity index (χ1v) is 8.72. The summed E-state index contributed by atoms with van der Waals surface area (Å²) < 4.78 is 30.8. The second-order valence-corrected chi connectivity index (χ2v) is 7.66. The second-order valence-electron chi connectivity index (χ2n) is 5.26. The molecule has 2 rings (SSSR count). The Morgan fingerprint density at radius 1 is 1.55 bits per heavy atom. The molecule has 1 aliphatic heterocycles. The van der Waals surface area contributed by atoms with Crippen molar-refractivity contribution in [1.29, 1.82) is 0 Å². The molecule has 0 bridgehead atoms. The number of nitrogens with one attached hydrogen (secondary N) is 1. The molecule has 20 heavy (non-hydrogen) atoms. The second kappa shape index (κ2) is 6.58. The highest BCUT2D eigenvalue weighted by Gasteiger charge is 2.31. The van der Waals surface area contributed by atoms with Gasteiger partial charge in [0.25, 0.3) is 0 Å². The molecule has 0 aromatic carbocycles. The maximum atomic E-state index is 11.9. The number of methoxy groups -OCH3 is 1. The average molecular weight is 301 g/mol. The third kappa shape index (κ3) is 3.73. The van der Waals surface area contributed by atoms with Gasteiger partial charge in [-0.3, -0.25) is 0 Å². The third-order valence-corrected chi connectivity index (χ3v) is 5.83. The lowest BCUT2D eigenvalue weighted by Gasteiger charge is -2.13. The van der Waals surface area contributed by atoms with Crippen LogP contribution in [0.15, 0.2) is 6.20 Å². The largest absolute Gasteiger partial charge is 0.385 e. The van der Waals surface area contributed by atoms with Gasteiger partial charge in [0.2, 0.25) is 5.95 Å². The number of hydrogen-bond donors (Lipinski definition) is 1. The summed E-state index contributed by atoms with van der Waals surface area (Å²) in [6.45, 7) is 3.88. The van der Waals surface area contributed by atoms with Gasteiger partial charge in [-0.05, 0) is 26.2 Å². The highest BCUT2D eigenvalue weighted by molar-refractivity contribution is 7.92. The van der Waals surface area contributed by atoms with Crippen molar-refractivity contribution >= 4 is 15.8 Å². The molecule has 2 heterocycles. The number of rotatable bonds is 7. The lowest BCUT2D eigenvalue weighted by atomic mass is 10.2. The van der Waals surface area contributed by atoms with E-state index in [2.05, 4.69) is 10.3 Å². The Morgan fingerprint density at radius 3 is 3.00 bits per heavy atom. The first kappa shape index (κ1) is 15.3. The Hall–Kier alpha value is -1.08. The van der Waals surface area contributed by atoms with Gasteiger partial charge < -0.3 is 14.6 Å². The van der Waals surface area contributed by atoms with Crippen LogP contribution in [0.4, 0.5) is 5.95 Å². The van der Waals surface area contributed by atoms with E-state index in [1.807, 2.05) is 17.7 Å². The fraction of sp³-hybridized carbons (Fsp3) is 0.769. The van der Waals surface area contributed by atoms with E-state index in [1.54, 1.807) is 7.11 Å². The van der Waals surface area contributed by atoms with Crippen LogP contribution in [0.3, 0.4) is 0 Å². The van der Waals surface area contributed by atoms with Gasteiger partial charge in [0.15, 0.2) is 9.84 Å². The zero-order chi connectivity index (χ0) is 14.6. The molecule has 7 heteroatoms. The highest BCUT2D eigenvalue weighted by atomic mass is 32.2. The summed E-state index contributed by atoms with van der Waals surface area (Å²) in [4.78, 5) is 4.41. The van der Waals surface area contributed by atoms with Crippen molar-refractivity contribution in [1.82, 2.24) is 9.55 Å². The number of imidazole rings is 1. The zero-order valence-corrected chi connectivity index (χ0v) is 12.9. The molecule has 114 valence electrons. The summed E-state index contributed by atoms with van der Waals surface area (Å²) in [5, 5.41) is 2.98. The summed E-state index contributed by atoms with van der Waals surface area (Å²) in [6, 6.07) is 0. The standard InChI is InChI=1S/C13H23N3O3S/c1-11-9-16(10-12-5-3-8-20(12,17)18)13(15-11)14-6-4-7-19-2/h9,12H,3-8,10H2,1-2H3,(H,14,15). The van der Waals surface area contributed by atoms with Crippen molar-refractivity contribution in [2.75, 3.05) is 31.3 Å². The number of nitrogens with zero attached hydrogens (tertiary/aromatic N) is 2. The summed E-state index contributed by atoms with van der Waals surface area (Å²) in [6.07, 6.45) is 4.33. The van der Waals surface area contributed by atoms with Gasteiger partial charge in [-0.1, -0.05) is 0 Å². The Labute approximate surface area is 120 Å². The van der Waals surface area contributed by atoms with Crippen LogP contribution in [0, 0.1) is 6.92 Å². The molecule has 0 radical (unpaired) electrons. The molecule has 0 amide bonds. The van der Waals surface area contributed by atoms with Crippen LogP contribution in [0.25, 0.3) is 0 Å². The monoisotopic (exact) mass is 301 g/mol. The predicted octanol–water partition coefficient (Wildman–Crippen LogP) is 1.22. The van der Waals surface area contributed by atoms with Gasteiger partial charge in [0.05, 0.1) is 16.7 Å². The number of hydrogen-bond acceptors (Lipinski definition) is 5. The minimum atomic E-state index is -2.92. The maximum absolute atomic E-state index is 11.9. The molecular weight excluding hydrogens is 278 g/mol. The van der Waals surface area contributed by atoms with Gasteiger partial charge >= 0.3 is 0 Å². The van der Waals surface area contributed by atoms with Crippen LogP contribution in [0.1, 0.15) is 25.0 Å². The molecule has 1 unspecified atom stereocenters. The van der Waals surface area contributed by atoms with Crippen LogP contribution >= 0.6 is 0 Å². The molecule has 1 atom stereocenters. The SMILES string of the molecule is COCCCNc1nc(C)cn1CC1CCCS1(=O)=O. The van der Waals surface area contributed by atoms with E-state index in [0.717, 1.165) is 37.4 Å². The van der Waals surface area contributed by atoms with Crippen molar-refractivity contribution < 1.29 is 13.2 Å². The van der Waals surface area contributed by atoms with E-state index in [-0.39, 0.29) is 5.25 Å². The molecule has 1 fully saturated rings. The fourth-order valence-corrected chi connectivity index (χ4v) is 4.34. The van der Waals surface area contributed by atoms with Gasteiger partial charge in [-0.2, -0.15) is 0 Å². The van der Waals surface area contributed by atoms with E-state index in [0.29, 0.717) is 18.9 Å². The van der Waals surface area contributed by atoms with Crippen molar-refractivity contribution in [3.63, 3.8) is 0 Å². The molecule has 1 N–H and O–H groups in total. The summed E-state index contributed by atoms with van der Waals surface area (Å²) in [5.41, 5.74) is 0.898. The minimum Gasteiger partial charge on any atom is -0.385 e. The van der Waals surface area contributed by atoms with Crippen molar-refractivity contribution in [3.8, 4) is 0 Å². The van der Waals surface area contributed by atoms with Crippen molar-refractivity contribution in [3.05, 3.63) is 11.9 Å².